The first-order valence-electron chi connectivity index (χ1n) is 7.11. The molecule has 1 N–H and O–H groups in total. The van der Waals surface area contributed by atoms with Gasteiger partial charge in [0.1, 0.15) is 10.8 Å². The molecule has 0 saturated carbocycles. The maximum atomic E-state index is 14.0. The summed E-state index contributed by atoms with van der Waals surface area (Å²) in [4.78, 5) is 5.89. The van der Waals surface area contributed by atoms with Crippen LogP contribution in [-0.4, -0.2) is 11.5 Å². The van der Waals surface area contributed by atoms with Crippen LogP contribution in [0.15, 0.2) is 18.2 Å². The Labute approximate surface area is 124 Å². The minimum atomic E-state index is -0.192. The molecule has 0 radical (unpaired) electrons. The summed E-state index contributed by atoms with van der Waals surface area (Å²) in [5.41, 5.74) is 2.78. The summed E-state index contributed by atoms with van der Waals surface area (Å²) < 4.78 is 14.0. The zero-order valence-electron chi connectivity index (χ0n) is 12.3. The summed E-state index contributed by atoms with van der Waals surface area (Å²) in [5.74, 6) is -0.192. The number of hydrogen-bond donors (Lipinski definition) is 1. The Morgan fingerprint density at radius 2 is 2.10 bits per heavy atom. The minimum absolute atomic E-state index is 0.192. The number of thiazole rings is 1. The van der Waals surface area contributed by atoms with Crippen LogP contribution in [0.2, 0.25) is 0 Å². The first-order chi connectivity index (χ1) is 9.65. The molecule has 2 aromatic rings. The van der Waals surface area contributed by atoms with E-state index in [4.69, 9.17) is 0 Å². The number of nitrogens with one attached hydrogen (secondary N) is 1. The van der Waals surface area contributed by atoms with E-state index in [1.165, 1.54) is 10.9 Å². The molecule has 2 rings (SSSR count). The molecule has 2 nitrogen and oxygen atoms in total. The van der Waals surface area contributed by atoms with Crippen molar-refractivity contribution < 1.29 is 4.39 Å². The molecule has 0 aliphatic rings. The summed E-state index contributed by atoms with van der Waals surface area (Å²) in [7, 11) is 0. The fourth-order valence-corrected chi connectivity index (χ4v) is 3.21. The van der Waals surface area contributed by atoms with E-state index in [0.717, 1.165) is 42.2 Å². The van der Waals surface area contributed by atoms with Crippen LogP contribution < -0.4 is 5.32 Å². The molecular formula is C16H21FN2S. The maximum absolute atomic E-state index is 14.0. The first-order valence-corrected chi connectivity index (χ1v) is 7.93. The monoisotopic (exact) mass is 292 g/mol. The van der Waals surface area contributed by atoms with Gasteiger partial charge in [0.2, 0.25) is 0 Å². The second-order valence-electron chi connectivity index (χ2n) is 4.90. The number of benzene rings is 1. The van der Waals surface area contributed by atoms with Crippen LogP contribution in [0.25, 0.3) is 10.6 Å². The lowest BCUT2D eigenvalue weighted by Crippen LogP contribution is -2.11. The normalized spacial score (nSPS) is 11.0. The van der Waals surface area contributed by atoms with Crippen LogP contribution in [0.5, 0.6) is 0 Å². The van der Waals surface area contributed by atoms with Gasteiger partial charge in [-0.05, 0) is 32.0 Å². The molecule has 108 valence electrons. The van der Waals surface area contributed by atoms with Crippen molar-refractivity contribution in [2.45, 2.75) is 40.2 Å². The topological polar surface area (TPSA) is 24.9 Å². The number of hydrogen-bond acceptors (Lipinski definition) is 3. The zero-order chi connectivity index (χ0) is 14.5. The lowest BCUT2D eigenvalue weighted by molar-refractivity contribution is 0.630. The van der Waals surface area contributed by atoms with Crippen molar-refractivity contribution in [3.8, 4) is 10.6 Å². The van der Waals surface area contributed by atoms with E-state index >= 15 is 0 Å². The van der Waals surface area contributed by atoms with Crippen LogP contribution in [-0.2, 0) is 13.0 Å². The highest BCUT2D eigenvalue weighted by molar-refractivity contribution is 7.15. The first kappa shape index (κ1) is 15.1. The third-order valence-electron chi connectivity index (χ3n) is 3.15. The molecule has 0 spiro atoms. The highest BCUT2D eigenvalue weighted by atomic mass is 32.1. The van der Waals surface area contributed by atoms with E-state index in [1.807, 2.05) is 13.0 Å². The van der Waals surface area contributed by atoms with Crippen LogP contribution >= 0.6 is 11.3 Å². The van der Waals surface area contributed by atoms with Gasteiger partial charge < -0.3 is 5.32 Å². The van der Waals surface area contributed by atoms with Gasteiger partial charge in [0.05, 0.1) is 5.69 Å². The molecule has 0 saturated heterocycles. The quantitative estimate of drug-likeness (QED) is 0.857. The highest BCUT2D eigenvalue weighted by Crippen LogP contribution is 2.31. The largest absolute Gasteiger partial charge is 0.312 e. The van der Waals surface area contributed by atoms with Crippen molar-refractivity contribution in [2.75, 3.05) is 6.54 Å². The smallest absolute Gasteiger partial charge is 0.133 e. The Balaban J connectivity index is 2.38. The molecule has 0 amide bonds. The SMILES string of the molecule is CCCc1nc(-c2cc(C)ccc2F)sc1CNCC. The highest BCUT2D eigenvalue weighted by Gasteiger charge is 2.14. The fourth-order valence-electron chi connectivity index (χ4n) is 2.11. The molecule has 1 aromatic carbocycles. The average Bonchev–Trinajstić information content (AvgIpc) is 2.82. The molecular weight excluding hydrogens is 271 g/mol. The molecule has 20 heavy (non-hydrogen) atoms. The van der Waals surface area contributed by atoms with Crippen molar-refractivity contribution in [3.63, 3.8) is 0 Å². The predicted molar refractivity (Wildman–Crippen MR) is 83.6 cm³/mol. The van der Waals surface area contributed by atoms with Gasteiger partial charge in [0, 0.05) is 17.0 Å². The summed E-state index contributed by atoms with van der Waals surface area (Å²) in [6.45, 7) is 7.95. The van der Waals surface area contributed by atoms with Gasteiger partial charge in [0.15, 0.2) is 0 Å². The molecule has 1 aromatic heterocycles. The number of nitrogens with zero attached hydrogens (tertiary/aromatic N) is 1. The number of halogens is 1. The summed E-state index contributed by atoms with van der Waals surface area (Å²) in [6, 6.07) is 5.19. The summed E-state index contributed by atoms with van der Waals surface area (Å²) in [6.07, 6.45) is 2.00. The second-order valence-corrected chi connectivity index (χ2v) is 5.99. The zero-order valence-corrected chi connectivity index (χ0v) is 13.1. The van der Waals surface area contributed by atoms with Gasteiger partial charge in [0.25, 0.3) is 0 Å². The van der Waals surface area contributed by atoms with Gasteiger partial charge in [-0.25, -0.2) is 9.37 Å². The van der Waals surface area contributed by atoms with Crippen LogP contribution in [0.1, 0.15) is 36.4 Å². The fraction of sp³-hybridized carbons (Fsp3) is 0.438. The molecule has 0 aliphatic heterocycles. The van der Waals surface area contributed by atoms with Gasteiger partial charge in [-0.2, -0.15) is 0 Å². The third kappa shape index (κ3) is 3.44. The minimum Gasteiger partial charge on any atom is -0.312 e. The third-order valence-corrected chi connectivity index (χ3v) is 4.28. The van der Waals surface area contributed by atoms with Crippen LogP contribution in [0.4, 0.5) is 4.39 Å². The Morgan fingerprint density at radius 3 is 2.80 bits per heavy atom. The van der Waals surface area contributed by atoms with E-state index < -0.39 is 0 Å². The Morgan fingerprint density at radius 1 is 1.30 bits per heavy atom. The van der Waals surface area contributed by atoms with Crippen LogP contribution in [0, 0.1) is 12.7 Å². The molecule has 0 fully saturated rings. The number of aryl methyl sites for hydroxylation is 2. The number of rotatable bonds is 6. The molecule has 0 atom stereocenters. The number of aromatic nitrogens is 1. The predicted octanol–water partition coefficient (Wildman–Crippen LogP) is 4.32. The molecule has 0 unspecified atom stereocenters. The molecule has 0 aliphatic carbocycles. The lowest BCUT2D eigenvalue weighted by Gasteiger charge is -2.00. The molecule has 1 heterocycles. The van der Waals surface area contributed by atoms with Gasteiger partial charge in [-0.3, -0.25) is 0 Å². The summed E-state index contributed by atoms with van der Waals surface area (Å²) in [5, 5.41) is 4.12. The van der Waals surface area contributed by atoms with Crippen LogP contribution in [0.3, 0.4) is 0 Å². The van der Waals surface area contributed by atoms with Crippen molar-refractivity contribution >= 4 is 11.3 Å². The maximum Gasteiger partial charge on any atom is 0.133 e. The lowest BCUT2D eigenvalue weighted by atomic mass is 10.1. The Hall–Kier alpha value is -1.26. The van der Waals surface area contributed by atoms with Crippen molar-refractivity contribution in [1.29, 1.82) is 0 Å². The van der Waals surface area contributed by atoms with Crippen molar-refractivity contribution in [3.05, 3.63) is 40.2 Å². The van der Waals surface area contributed by atoms with Crippen molar-refractivity contribution in [2.24, 2.45) is 0 Å². The average molecular weight is 292 g/mol. The Kier molecular flexibility index (Phi) is 5.26. The standard InChI is InChI=1S/C16H21FN2S/c1-4-6-14-15(10-18-5-2)20-16(19-14)12-9-11(3)7-8-13(12)17/h7-9,18H,4-6,10H2,1-3H3. The second kappa shape index (κ2) is 6.95. The molecule has 0 bridgehead atoms. The van der Waals surface area contributed by atoms with E-state index in [0.29, 0.717) is 5.56 Å². The van der Waals surface area contributed by atoms with Gasteiger partial charge in [-0.15, -0.1) is 11.3 Å². The summed E-state index contributed by atoms with van der Waals surface area (Å²) >= 11 is 1.60. The Bertz CT molecular complexity index is 578. The van der Waals surface area contributed by atoms with Gasteiger partial charge in [-0.1, -0.05) is 31.9 Å². The molecule has 4 heteroatoms. The van der Waals surface area contributed by atoms with Gasteiger partial charge >= 0.3 is 0 Å². The van der Waals surface area contributed by atoms with E-state index in [2.05, 4.69) is 24.1 Å². The van der Waals surface area contributed by atoms with E-state index in [-0.39, 0.29) is 5.82 Å². The van der Waals surface area contributed by atoms with E-state index in [1.54, 1.807) is 17.4 Å². The van der Waals surface area contributed by atoms with Crippen molar-refractivity contribution in [1.82, 2.24) is 10.3 Å². The van der Waals surface area contributed by atoms with E-state index in [9.17, 15) is 4.39 Å².